The number of esters is 1. The molecule has 0 spiro atoms. The minimum absolute atomic E-state index is 0.311. The normalized spacial score (nSPS) is 20.0. The number of rotatable bonds is 11. The van der Waals surface area contributed by atoms with Crippen molar-refractivity contribution in [3.63, 3.8) is 0 Å². The Kier molecular flexibility index (Phi) is 8.76. The molecule has 1 fully saturated rings. The van der Waals surface area contributed by atoms with E-state index < -0.39 is 0 Å². The third kappa shape index (κ3) is 6.30. The number of hydrogen-bond acceptors (Lipinski definition) is 3. The first-order valence-electron chi connectivity index (χ1n) is 7.95. The molecule has 0 aromatic carbocycles. The Morgan fingerprint density at radius 1 is 1.10 bits per heavy atom. The molecule has 0 N–H and O–H groups in total. The first kappa shape index (κ1) is 17.7. The number of carbonyl (C=O) groups is 1. The quantitative estimate of drug-likeness (QED) is 0.240. The summed E-state index contributed by atoms with van der Waals surface area (Å²) in [4.78, 5) is 11.6. The maximum atomic E-state index is 11.6. The van der Waals surface area contributed by atoms with Crippen molar-refractivity contribution in [3.05, 3.63) is 36.6 Å². The van der Waals surface area contributed by atoms with E-state index in [1.165, 1.54) is 38.5 Å². The molecular weight excluding hydrogens is 264 g/mol. The molecule has 1 rings (SSSR count). The molecule has 1 heterocycles. The third-order valence-corrected chi connectivity index (χ3v) is 3.75. The summed E-state index contributed by atoms with van der Waals surface area (Å²) in [5.41, 5.74) is 0.604. The maximum Gasteiger partial charge on any atom is 0.341 e. The van der Waals surface area contributed by atoms with Gasteiger partial charge in [-0.25, -0.2) is 4.79 Å². The molecule has 1 atom stereocenters. The van der Waals surface area contributed by atoms with Crippen LogP contribution in [0, 0.1) is 0 Å². The molecular formula is C18H28O3. The van der Waals surface area contributed by atoms with Crippen LogP contribution in [0.25, 0.3) is 0 Å². The minimum Gasteiger partial charge on any atom is -0.425 e. The van der Waals surface area contributed by atoms with Crippen molar-refractivity contribution >= 4 is 5.97 Å². The second-order valence-corrected chi connectivity index (χ2v) is 5.47. The van der Waals surface area contributed by atoms with Gasteiger partial charge in [-0.1, -0.05) is 50.8 Å². The molecule has 118 valence electrons. The highest BCUT2D eigenvalue weighted by Crippen LogP contribution is 2.26. The minimum atomic E-state index is -0.387. The number of carbonyl (C=O) groups excluding carboxylic acids is 1. The highest BCUT2D eigenvalue weighted by Gasteiger charge is 2.34. The van der Waals surface area contributed by atoms with Gasteiger partial charge in [-0.15, -0.1) is 6.58 Å². The fourth-order valence-electron chi connectivity index (χ4n) is 2.54. The Balaban J connectivity index is 2.10. The summed E-state index contributed by atoms with van der Waals surface area (Å²) in [5, 5.41) is 0. The molecule has 0 radical (unpaired) electrons. The molecule has 21 heavy (non-hydrogen) atoms. The number of ether oxygens (including phenoxy) is 2. The molecule has 0 bridgehead atoms. The third-order valence-electron chi connectivity index (χ3n) is 3.75. The lowest BCUT2D eigenvalue weighted by molar-refractivity contribution is -0.132. The predicted octanol–water partition coefficient (Wildman–Crippen LogP) is 4.70. The van der Waals surface area contributed by atoms with Crippen molar-refractivity contribution in [2.24, 2.45) is 0 Å². The topological polar surface area (TPSA) is 35.5 Å². The lowest BCUT2D eigenvalue weighted by Crippen LogP contribution is -2.11. The molecule has 1 aliphatic rings. The highest BCUT2D eigenvalue weighted by molar-refractivity contribution is 5.94. The molecule has 3 heteroatoms. The molecule has 1 aliphatic heterocycles. The lowest BCUT2D eigenvalue weighted by Gasteiger charge is -2.06. The van der Waals surface area contributed by atoms with Gasteiger partial charge in [-0.2, -0.15) is 0 Å². The van der Waals surface area contributed by atoms with Crippen LogP contribution in [-0.4, -0.2) is 19.2 Å². The summed E-state index contributed by atoms with van der Waals surface area (Å²) < 4.78 is 10.2. The summed E-state index contributed by atoms with van der Waals surface area (Å²) in [6.45, 7) is 7.42. The zero-order chi connectivity index (χ0) is 15.5. The van der Waals surface area contributed by atoms with Gasteiger partial charge in [0.15, 0.2) is 0 Å². The molecule has 0 aliphatic carbocycles. The van der Waals surface area contributed by atoms with Gasteiger partial charge in [0.1, 0.15) is 11.9 Å². The van der Waals surface area contributed by atoms with Gasteiger partial charge in [-0.05, 0) is 25.7 Å². The van der Waals surface area contributed by atoms with Crippen molar-refractivity contribution in [2.45, 2.75) is 63.9 Å². The number of cyclic esters (lactones) is 1. The van der Waals surface area contributed by atoms with Gasteiger partial charge in [0, 0.05) is 7.11 Å². The standard InChI is InChI=1S/C18H28O3/c1-4-5-6-7-8-9-10-11-12-13-14-16-17(20-3)15(2)21-18(16)19/h4,14,17H,1-2,5-13H2,3H3/b16-14+/t17-/m1/s1. The van der Waals surface area contributed by atoms with Crippen molar-refractivity contribution in [1.29, 1.82) is 0 Å². The average molecular weight is 292 g/mol. The number of hydrogen-bond donors (Lipinski definition) is 0. The fourth-order valence-corrected chi connectivity index (χ4v) is 2.54. The molecule has 1 saturated heterocycles. The van der Waals surface area contributed by atoms with E-state index in [0.717, 1.165) is 19.3 Å². The summed E-state index contributed by atoms with van der Waals surface area (Å²) in [5.74, 6) is 0.0855. The van der Waals surface area contributed by atoms with Crippen LogP contribution in [-0.2, 0) is 14.3 Å². The van der Waals surface area contributed by atoms with Crippen LogP contribution in [0.4, 0.5) is 0 Å². The van der Waals surface area contributed by atoms with Gasteiger partial charge in [0.2, 0.25) is 0 Å². The van der Waals surface area contributed by atoms with Crippen LogP contribution < -0.4 is 0 Å². The Morgan fingerprint density at radius 2 is 1.67 bits per heavy atom. The Labute approximate surface area is 128 Å². The summed E-state index contributed by atoms with van der Waals surface area (Å²) in [6.07, 6.45) is 14.3. The Bertz CT molecular complexity index is 382. The maximum absolute atomic E-state index is 11.6. The Morgan fingerprint density at radius 3 is 2.24 bits per heavy atom. The SMILES string of the molecule is C=CCCCCCCCCC/C=C1/C(=O)OC(=C)[C@H]1OC. The van der Waals surface area contributed by atoms with Gasteiger partial charge in [0.25, 0.3) is 0 Å². The van der Waals surface area contributed by atoms with Crippen LogP contribution in [0.5, 0.6) is 0 Å². The van der Waals surface area contributed by atoms with E-state index >= 15 is 0 Å². The van der Waals surface area contributed by atoms with Crippen LogP contribution >= 0.6 is 0 Å². The number of methoxy groups -OCH3 is 1. The zero-order valence-electron chi connectivity index (χ0n) is 13.2. The zero-order valence-corrected chi connectivity index (χ0v) is 13.2. The van der Waals surface area contributed by atoms with Crippen LogP contribution in [0.15, 0.2) is 36.6 Å². The van der Waals surface area contributed by atoms with E-state index in [1.54, 1.807) is 7.11 Å². The smallest absolute Gasteiger partial charge is 0.341 e. The molecule has 0 unspecified atom stereocenters. The summed E-state index contributed by atoms with van der Waals surface area (Å²) >= 11 is 0. The van der Waals surface area contributed by atoms with Crippen molar-refractivity contribution in [3.8, 4) is 0 Å². The van der Waals surface area contributed by atoms with E-state index in [0.29, 0.717) is 11.3 Å². The largest absolute Gasteiger partial charge is 0.425 e. The summed E-state index contributed by atoms with van der Waals surface area (Å²) in [7, 11) is 1.57. The number of allylic oxidation sites excluding steroid dienone is 2. The monoisotopic (exact) mass is 292 g/mol. The molecule has 0 aromatic heterocycles. The molecule has 0 aromatic rings. The van der Waals surface area contributed by atoms with E-state index in [4.69, 9.17) is 9.47 Å². The number of unbranched alkanes of at least 4 members (excludes halogenated alkanes) is 8. The van der Waals surface area contributed by atoms with Crippen LogP contribution in [0.3, 0.4) is 0 Å². The van der Waals surface area contributed by atoms with Gasteiger partial charge < -0.3 is 9.47 Å². The second kappa shape index (κ2) is 10.4. The van der Waals surface area contributed by atoms with Gasteiger partial charge in [0.05, 0.1) is 5.57 Å². The highest BCUT2D eigenvalue weighted by atomic mass is 16.6. The van der Waals surface area contributed by atoms with Crippen molar-refractivity contribution < 1.29 is 14.3 Å². The predicted molar refractivity (Wildman–Crippen MR) is 85.9 cm³/mol. The van der Waals surface area contributed by atoms with Gasteiger partial charge >= 0.3 is 5.97 Å². The van der Waals surface area contributed by atoms with E-state index in [1.807, 2.05) is 12.2 Å². The second-order valence-electron chi connectivity index (χ2n) is 5.47. The first-order valence-corrected chi connectivity index (χ1v) is 7.95. The summed E-state index contributed by atoms with van der Waals surface area (Å²) in [6, 6.07) is 0. The average Bonchev–Trinajstić information content (AvgIpc) is 2.74. The van der Waals surface area contributed by atoms with Crippen molar-refractivity contribution in [1.82, 2.24) is 0 Å². The molecule has 0 saturated carbocycles. The Hall–Kier alpha value is -1.35. The van der Waals surface area contributed by atoms with Crippen LogP contribution in [0.2, 0.25) is 0 Å². The lowest BCUT2D eigenvalue weighted by atomic mass is 10.0. The van der Waals surface area contributed by atoms with E-state index in [9.17, 15) is 4.79 Å². The van der Waals surface area contributed by atoms with E-state index in [-0.39, 0.29) is 12.1 Å². The van der Waals surface area contributed by atoms with Crippen molar-refractivity contribution in [2.75, 3.05) is 7.11 Å². The molecule has 0 amide bonds. The fraction of sp³-hybridized carbons (Fsp3) is 0.611. The van der Waals surface area contributed by atoms with E-state index in [2.05, 4.69) is 13.2 Å². The van der Waals surface area contributed by atoms with Crippen LogP contribution in [0.1, 0.15) is 57.8 Å². The first-order chi connectivity index (χ1) is 10.2. The molecule has 3 nitrogen and oxygen atoms in total. The van der Waals surface area contributed by atoms with Gasteiger partial charge in [-0.3, -0.25) is 0 Å².